The van der Waals surface area contributed by atoms with Gasteiger partial charge in [-0.15, -0.1) is 6.58 Å². The lowest BCUT2D eigenvalue weighted by atomic mass is 10.1. The second kappa shape index (κ2) is 13.4. The van der Waals surface area contributed by atoms with Crippen molar-refractivity contribution in [2.75, 3.05) is 13.2 Å². The fraction of sp³-hybridized carbons (Fsp3) is 0.312. The average Bonchev–Trinajstić information content (AvgIpc) is 3.26. The van der Waals surface area contributed by atoms with E-state index in [4.69, 9.17) is 9.72 Å². The number of benzene rings is 3. The normalized spacial score (nSPS) is 10.9. The average molecular weight is 496 g/mol. The summed E-state index contributed by atoms with van der Waals surface area (Å²) in [5.74, 6) is 2.09. The number of nitrogens with one attached hydrogen (secondary N) is 1. The lowest BCUT2D eigenvalue weighted by molar-refractivity contribution is -0.120. The second-order valence-electron chi connectivity index (χ2n) is 9.38. The van der Waals surface area contributed by atoms with Crippen molar-refractivity contribution in [3.8, 4) is 5.75 Å². The van der Waals surface area contributed by atoms with Gasteiger partial charge < -0.3 is 14.6 Å². The van der Waals surface area contributed by atoms with Crippen LogP contribution in [0.2, 0.25) is 0 Å². The number of aryl methyl sites for hydroxylation is 2. The summed E-state index contributed by atoms with van der Waals surface area (Å²) in [5, 5.41) is 3.06. The molecule has 5 nitrogen and oxygen atoms in total. The van der Waals surface area contributed by atoms with Crippen molar-refractivity contribution < 1.29 is 9.53 Å². The number of ether oxygens (including phenoxy) is 1. The lowest BCUT2D eigenvalue weighted by Crippen LogP contribution is -2.26. The van der Waals surface area contributed by atoms with Crippen LogP contribution in [0.5, 0.6) is 5.75 Å². The standard InChI is InChI=1S/C32H37N3O2/c1-3-13-26-15-8-11-19-30(26)37-23-22-35-29-18-10-9-17-28(29)34-31(35)20-5-4-12-21-33-32(36)24-27-16-7-6-14-25(27)2/h3,6-11,14-19H,1,4-5,12-13,20-24H2,2H3,(H,33,36). The molecule has 0 saturated carbocycles. The van der Waals surface area contributed by atoms with Gasteiger partial charge in [-0.1, -0.05) is 67.1 Å². The molecule has 0 aliphatic heterocycles. The highest BCUT2D eigenvalue weighted by atomic mass is 16.5. The molecular weight excluding hydrogens is 458 g/mol. The van der Waals surface area contributed by atoms with Crippen LogP contribution in [0.15, 0.2) is 85.5 Å². The van der Waals surface area contributed by atoms with Gasteiger partial charge >= 0.3 is 0 Å². The van der Waals surface area contributed by atoms with E-state index in [9.17, 15) is 4.79 Å². The van der Waals surface area contributed by atoms with Gasteiger partial charge in [-0.3, -0.25) is 4.79 Å². The fourth-order valence-electron chi connectivity index (χ4n) is 4.64. The van der Waals surface area contributed by atoms with Gasteiger partial charge in [-0.25, -0.2) is 4.98 Å². The summed E-state index contributed by atoms with van der Waals surface area (Å²) >= 11 is 0. The van der Waals surface area contributed by atoms with Crippen molar-refractivity contribution in [3.63, 3.8) is 0 Å². The first-order chi connectivity index (χ1) is 18.2. The molecular formula is C32H37N3O2. The number of unbranched alkanes of at least 4 members (excludes halogenated alkanes) is 2. The van der Waals surface area contributed by atoms with Crippen LogP contribution in [0.25, 0.3) is 11.0 Å². The molecule has 3 aromatic carbocycles. The number of rotatable bonds is 14. The molecule has 4 rings (SSSR count). The number of carbonyl (C=O) groups is 1. The number of imidazole rings is 1. The first-order valence-corrected chi connectivity index (χ1v) is 13.2. The van der Waals surface area contributed by atoms with Gasteiger partial charge in [0.05, 0.1) is 24.0 Å². The van der Waals surface area contributed by atoms with Crippen LogP contribution in [-0.2, 0) is 30.6 Å². The van der Waals surface area contributed by atoms with E-state index in [0.717, 1.165) is 77.9 Å². The lowest BCUT2D eigenvalue weighted by Gasteiger charge is -2.13. The van der Waals surface area contributed by atoms with Crippen LogP contribution in [0.4, 0.5) is 0 Å². The topological polar surface area (TPSA) is 56.1 Å². The third-order valence-corrected chi connectivity index (χ3v) is 6.65. The maximum atomic E-state index is 12.3. The van der Waals surface area contributed by atoms with Crippen LogP contribution < -0.4 is 10.1 Å². The van der Waals surface area contributed by atoms with Crippen LogP contribution in [-0.4, -0.2) is 28.6 Å². The number of fused-ring (bicyclic) bond motifs is 1. The molecule has 37 heavy (non-hydrogen) atoms. The molecule has 0 aliphatic carbocycles. The molecule has 0 bridgehead atoms. The van der Waals surface area contributed by atoms with E-state index in [0.29, 0.717) is 19.6 Å². The number of carbonyl (C=O) groups excluding carboxylic acids is 1. The van der Waals surface area contributed by atoms with Gasteiger partial charge in [0.1, 0.15) is 18.2 Å². The number of nitrogens with zero attached hydrogens (tertiary/aromatic N) is 2. The van der Waals surface area contributed by atoms with Crippen molar-refractivity contribution in [2.45, 2.75) is 52.0 Å². The summed E-state index contributed by atoms with van der Waals surface area (Å²) < 4.78 is 8.45. The van der Waals surface area contributed by atoms with E-state index >= 15 is 0 Å². The minimum absolute atomic E-state index is 0.0887. The van der Waals surface area contributed by atoms with Gasteiger partial charge in [0, 0.05) is 13.0 Å². The second-order valence-corrected chi connectivity index (χ2v) is 9.38. The molecule has 192 valence electrons. The van der Waals surface area contributed by atoms with Crippen LogP contribution in [0.1, 0.15) is 41.8 Å². The van der Waals surface area contributed by atoms with E-state index in [2.05, 4.69) is 40.7 Å². The summed E-state index contributed by atoms with van der Waals surface area (Å²) in [7, 11) is 0. The summed E-state index contributed by atoms with van der Waals surface area (Å²) in [5.41, 5.74) is 5.56. The van der Waals surface area contributed by atoms with Crippen molar-refractivity contribution >= 4 is 16.9 Å². The minimum atomic E-state index is 0.0887. The predicted octanol–water partition coefficient (Wildman–Crippen LogP) is 6.22. The highest BCUT2D eigenvalue weighted by Crippen LogP contribution is 2.21. The zero-order valence-electron chi connectivity index (χ0n) is 21.8. The Balaban J connectivity index is 1.26. The Kier molecular flexibility index (Phi) is 9.53. The highest BCUT2D eigenvalue weighted by molar-refractivity contribution is 5.78. The zero-order chi connectivity index (χ0) is 25.9. The Labute approximate surface area is 220 Å². The van der Waals surface area contributed by atoms with Crippen LogP contribution >= 0.6 is 0 Å². The molecule has 0 unspecified atom stereocenters. The molecule has 1 amide bonds. The monoisotopic (exact) mass is 495 g/mol. The SMILES string of the molecule is C=CCc1ccccc1OCCn1c(CCCCCNC(=O)Cc2ccccc2C)nc2ccccc21. The molecule has 5 heteroatoms. The number of allylic oxidation sites excluding steroid dienone is 1. The molecule has 0 saturated heterocycles. The third-order valence-electron chi connectivity index (χ3n) is 6.65. The maximum Gasteiger partial charge on any atom is 0.224 e. The summed E-state index contributed by atoms with van der Waals surface area (Å²) in [6.45, 7) is 7.92. The van der Waals surface area contributed by atoms with E-state index in [1.54, 1.807) is 0 Å². The Bertz CT molecular complexity index is 1320. The van der Waals surface area contributed by atoms with Crippen LogP contribution in [0, 0.1) is 6.92 Å². The van der Waals surface area contributed by atoms with Crippen molar-refractivity contribution in [2.24, 2.45) is 0 Å². The number of aromatic nitrogens is 2. The third kappa shape index (κ3) is 7.32. The van der Waals surface area contributed by atoms with E-state index < -0.39 is 0 Å². The molecule has 0 radical (unpaired) electrons. The van der Waals surface area contributed by atoms with Crippen molar-refractivity contribution in [1.82, 2.24) is 14.9 Å². The van der Waals surface area contributed by atoms with Crippen molar-refractivity contribution in [1.29, 1.82) is 0 Å². The molecule has 4 aromatic rings. The number of amides is 1. The number of hydrogen-bond acceptors (Lipinski definition) is 3. The molecule has 0 atom stereocenters. The van der Waals surface area contributed by atoms with Gasteiger partial charge in [0.15, 0.2) is 0 Å². The largest absolute Gasteiger partial charge is 0.491 e. The molecule has 1 N–H and O–H groups in total. The Morgan fingerprint density at radius 1 is 0.973 bits per heavy atom. The van der Waals surface area contributed by atoms with Crippen molar-refractivity contribution in [3.05, 3.63) is 108 Å². The zero-order valence-corrected chi connectivity index (χ0v) is 21.8. The van der Waals surface area contributed by atoms with Gasteiger partial charge in [-0.2, -0.15) is 0 Å². The molecule has 1 heterocycles. The maximum absolute atomic E-state index is 12.3. The quantitative estimate of drug-likeness (QED) is 0.167. The smallest absolute Gasteiger partial charge is 0.224 e. The van der Waals surface area contributed by atoms with Gasteiger partial charge in [0.25, 0.3) is 0 Å². The summed E-state index contributed by atoms with van der Waals surface area (Å²) in [6, 6.07) is 24.5. The first kappa shape index (κ1) is 26.2. The predicted molar refractivity (Wildman–Crippen MR) is 151 cm³/mol. The fourth-order valence-corrected chi connectivity index (χ4v) is 4.64. The first-order valence-electron chi connectivity index (χ1n) is 13.2. The molecule has 0 fully saturated rings. The minimum Gasteiger partial charge on any atom is -0.491 e. The van der Waals surface area contributed by atoms with E-state index in [-0.39, 0.29) is 5.91 Å². The number of para-hydroxylation sites is 3. The summed E-state index contributed by atoms with van der Waals surface area (Å²) in [6.07, 6.45) is 7.07. The molecule has 0 aliphatic rings. The highest BCUT2D eigenvalue weighted by Gasteiger charge is 2.11. The molecule has 1 aromatic heterocycles. The van der Waals surface area contributed by atoms with Gasteiger partial charge in [0.2, 0.25) is 5.91 Å². The van der Waals surface area contributed by atoms with E-state index in [1.807, 2.05) is 61.5 Å². The van der Waals surface area contributed by atoms with E-state index in [1.165, 1.54) is 0 Å². The van der Waals surface area contributed by atoms with Crippen LogP contribution in [0.3, 0.4) is 0 Å². The Hall–Kier alpha value is -3.86. The van der Waals surface area contributed by atoms with Gasteiger partial charge in [-0.05, 0) is 61.1 Å². The number of hydrogen-bond donors (Lipinski definition) is 1. The molecule has 0 spiro atoms. The Morgan fingerprint density at radius 2 is 1.73 bits per heavy atom. The summed E-state index contributed by atoms with van der Waals surface area (Å²) in [4.78, 5) is 17.2. The Morgan fingerprint density at radius 3 is 2.57 bits per heavy atom.